The predicted octanol–water partition coefficient (Wildman–Crippen LogP) is 7.97. The number of ether oxygens (including phenoxy) is 2. The van der Waals surface area contributed by atoms with Gasteiger partial charge in [-0.25, -0.2) is 0 Å². The molecule has 0 spiro atoms. The van der Waals surface area contributed by atoms with E-state index < -0.39 is 17.7 Å². The third-order valence-corrected chi connectivity index (χ3v) is 10.0. The van der Waals surface area contributed by atoms with Crippen molar-refractivity contribution in [2.75, 3.05) is 12.0 Å². The monoisotopic (exact) mass is 663 g/mol. The van der Waals surface area contributed by atoms with Gasteiger partial charge < -0.3 is 14.6 Å². The van der Waals surface area contributed by atoms with E-state index in [9.17, 15) is 14.7 Å². The highest BCUT2D eigenvalue weighted by atomic mass is 32.2. The highest BCUT2D eigenvalue weighted by Crippen LogP contribution is 2.46. The Kier molecular flexibility index (Phi) is 9.42. The number of thioether (sulfide) groups is 1. The van der Waals surface area contributed by atoms with Crippen molar-refractivity contribution in [2.24, 2.45) is 0 Å². The number of carbonyl (C=O) groups excluding carboxylic acids is 2. The molecule has 1 saturated heterocycles. The molecule has 47 heavy (non-hydrogen) atoms. The molecule has 0 aliphatic carbocycles. The molecule has 0 radical (unpaired) electrons. The lowest BCUT2D eigenvalue weighted by Crippen LogP contribution is -2.29. The van der Waals surface area contributed by atoms with Gasteiger partial charge >= 0.3 is 5.91 Å². The van der Waals surface area contributed by atoms with Gasteiger partial charge in [-0.2, -0.15) is 0 Å². The molecule has 10 heteroatoms. The Morgan fingerprint density at radius 2 is 1.62 bits per heavy atom. The Balaban J connectivity index is 1.40. The number of nitrogens with zero attached hydrogens (tertiary/aromatic N) is 3. The first-order chi connectivity index (χ1) is 22.7. The second kappa shape index (κ2) is 13.8. The van der Waals surface area contributed by atoms with Crippen molar-refractivity contribution in [3.63, 3.8) is 0 Å². The van der Waals surface area contributed by atoms with Crippen LogP contribution in [0.4, 0.5) is 5.13 Å². The van der Waals surface area contributed by atoms with Crippen LogP contribution in [0.15, 0.2) is 101 Å². The zero-order valence-electron chi connectivity index (χ0n) is 26.4. The first-order valence-corrected chi connectivity index (χ1v) is 16.8. The summed E-state index contributed by atoms with van der Waals surface area (Å²) in [6.07, 6.45) is 0. The largest absolute Gasteiger partial charge is 0.507 e. The molecule has 1 aromatic heterocycles. The summed E-state index contributed by atoms with van der Waals surface area (Å²) in [5.41, 5.74) is 5.97. The van der Waals surface area contributed by atoms with Crippen LogP contribution < -0.4 is 14.4 Å². The molecule has 238 valence electrons. The van der Waals surface area contributed by atoms with Crippen LogP contribution in [0.2, 0.25) is 0 Å². The number of hydrogen-bond donors (Lipinski definition) is 1. The predicted molar refractivity (Wildman–Crippen MR) is 185 cm³/mol. The first kappa shape index (κ1) is 32.0. The fourth-order valence-corrected chi connectivity index (χ4v) is 7.20. The van der Waals surface area contributed by atoms with Gasteiger partial charge in [-0.1, -0.05) is 107 Å². The van der Waals surface area contributed by atoms with Gasteiger partial charge in [0.25, 0.3) is 5.78 Å². The van der Waals surface area contributed by atoms with Crippen molar-refractivity contribution in [2.45, 2.75) is 43.5 Å². The fourth-order valence-electron chi connectivity index (χ4n) is 5.38. The number of carbonyl (C=O) groups is 2. The molecule has 5 aromatic rings. The van der Waals surface area contributed by atoms with Gasteiger partial charge in [0.05, 0.1) is 18.7 Å². The van der Waals surface area contributed by atoms with Crippen LogP contribution in [0.1, 0.15) is 45.0 Å². The topological polar surface area (TPSA) is 102 Å². The third kappa shape index (κ3) is 6.79. The molecule has 1 atom stereocenters. The maximum atomic E-state index is 13.8. The lowest BCUT2D eigenvalue weighted by molar-refractivity contribution is -0.132. The summed E-state index contributed by atoms with van der Waals surface area (Å²) >= 11 is 2.73. The van der Waals surface area contributed by atoms with Crippen molar-refractivity contribution in [3.05, 3.63) is 136 Å². The molecule has 0 bridgehead atoms. The number of methoxy groups -OCH3 is 1. The minimum Gasteiger partial charge on any atom is -0.507 e. The average molecular weight is 664 g/mol. The summed E-state index contributed by atoms with van der Waals surface area (Å²) in [6.45, 7) is 6.13. The number of benzene rings is 4. The minimum absolute atomic E-state index is 0.0345. The summed E-state index contributed by atoms with van der Waals surface area (Å²) < 4.78 is 12.4. The van der Waals surface area contributed by atoms with Crippen molar-refractivity contribution in [1.29, 1.82) is 0 Å². The minimum atomic E-state index is -0.991. The van der Waals surface area contributed by atoms with Gasteiger partial charge in [-0.05, 0) is 61.2 Å². The summed E-state index contributed by atoms with van der Waals surface area (Å²) in [6, 6.07) is 27.9. The van der Waals surface area contributed by atoms with Gasteiger partial charge in [-0.15, -0.1) is 10.2 Å². The van der Waals surface area contributed by atoms with E-state index in [2.05, 4.69) is 34.5 Å². The number of hydrogen-bond acceptors (Lipinski definition) is 9. The van der Waals surface area contributed by atoms with Crippen molar-refractivity contribution in [1.82, 2.24) is 10.2 Å². The molecule has 1 fully saturated rings. The van der Waals surface area contributed by atoms with Gasteiger partial charge in [0.15, 0.2) is 15.8 Å². The standard InChI is InChI=1S/C37H33N3O5S2/c1-22-11-14-26(15-12-22)21-46-37-39-38-36(47-37)40-32(31(34(42)35(40)43)33(41)28-18-23(2)10-13-24(28)3)27-16-17-29(30(19-27)44-4)45-20-25-8-6-5-7-9-25/h5-19,32,41H,20-21H2,1-4H3. The molecule has 6 rings (SSSR count). The average Bonchev–Trinajstić information content (AvgIpc) is 3.66. The highest BCUT2D eigenvalue weighted by Gasteiger charge is 2.48. The molecule has 8 nitrogen and oxygen atoms in total. The number of aliphatic hydroxyl groups excluding tert-OH is 1. The van der Waals surface area contributed by atoms with Gasteiger partial charge in [0.2, 0.25) is 5.13 Å². The van der Waals surface area contributed by atoms with E-state index >= 15 is 0 Å². The van der Waals surface area contributed by atoms with E-state index in [-0.39, 0.29) is 16.5 Å². The molecule has 0 saturated carbocycles. The number of ketones is 1. The maximum absolute atomic E-state index is 13.8. The number of aryl methyl sites for hydroxylation is 3. The molecule has 1 amide bonds. The smallest absolute Gasteiger partial charge is 0.301 e. The van der Waals surface area contributed by atoms with Crippen LogP contribution in [0.25, 0.3) is 5.76 Å². The third-order valence-electron chi connectivity index (χ3n) is 7.92. The van der Waals surface area contributed by atoms with Crippen molar-refractivity contribution in [3.8, 4) is 11.5 Å². The van der Waals surface area contributed by atoms with Gasteiger partial charge in [0, 0.05) is 11.3 Å². The molecule has 1 aliphatic rings. The number of aliphatic hydroxyl groups is 1. The Morgan fingerprint density at radius 1 is 0.872 bits per heavy atom. The van der Waals surface area contributed by atoms with Gasteiger partial charge in [0.1, 0.15) is 12.4 Å². The number of anilines is 1. The second-order valence-corrected chi connectivity index (χ2v) is 13.5. The van der Waals surface area contributed by atoms with E-state index in [0.29, 0.717) is 39.3 Å². The molecule has 2 heterocycles. The molecular weight excluding hydrogens is 631 g/mol. The molecule has 1 aliphatic heterocycles. The molecular formula is C37H33N3O5S2. The van der Waals surface area contributed by atoms with E-state index in [4.69, 9.17) is 9.47 Å². The Hall–Kier alpha value is -4.93. The molecule has 1 unspecified atom stereocenters. The molecule has 4 aromatic carbocycles. The first-order valence-electron chi connectivity index (χ1n) is 15.0. The van der Waals surface area contributed by atoms with E-state index in [1.165, 1.54) is 40.7 Å². The van der Waals surface area contributed by atoms with Crippen LogP contribution in [0.5, 0.6) is 11.5 Å². The lowest BCUT2D eigenvalue weighted by Gasteiger charge is -2.23. The summed E-state index contributed by atoms with van der Waals surface area (Å²) in [5.74, 6) is -0.262. The summed E-state index contributed by atoms with van der Waals surface area (Å²) in [5, 5.41) is 20.7. The number of rotatable bonds is 10. The normalized spacial score (nSPS) is 15.7. The summed E-state index contributed by atoms with van der Waals surface area (Å²) in [7, 11) is 1.53. The van der Waals surface area contributed by atoms with E-state index in [1.54, 1.807) is 24.3 Å². The highest BCUT2D eigenvalue weighted by molar-refractivity contribution is 8.00. The Bertz CT molecular complexity index is 1970. The fraction of sp³-hybridized carbons (Fsp3) is 0.189. The van der Waals surface area contributed by atoms with Crippen LogP contribution in [-0.4, -0.2) is 34.1 Å². The van der Waals surface area contributed by atoms with Gasteiger partial charge in [-0.3, -0.25) is 14.5 Å². The number of Topliss-reactive ketones (excluding diaryl/α,β-unsaturated/α-hetero) is 1. The Morgan fingerprint density at radius 3 is 2.36 bits per heavy atom. The summed E-state index contributed by atoms with van der Waals surface area (Å²) in [4.78, 5) is 28.9. The van der Waals surface area contributed by atoms with Crippen molar-refractivity contribution < 1.29 is 24.2 Å². The SMILES string of the molecule is COc1cc(C2C(=C(O)c3cc(C)ccc3C)C(=O)C(=O)N2c2nnc(SCc3ccc(C)cc3)s2)ccc1OCc1ccccc1. The number of aromatic nitrogens is 2. The zero-order valence-corrected chi connectivity index (χ0v) is 28.0. The Labute approximate surface area is 281 Å². The lowest BCUT2D eigenvalue weighted by atomic mass is 9.93. The van der Waals surface area contributed by atoms with Crippen LogP contribution in [-0.2, 0) is 21.9 Å². The zero-order chi connectivity index (χ0) is 33.1. The van der Waals surface area contributed by atoms with Crippen LogP contribution in [0, 0.1) is 20.8 Å². The second-order valence-electron chi connectivity index (χ2n) is 11.3. The molecule has 1 N–H and O–H groups in total. The maximum Gasteiger partial charge on any atom is 0.301 e. The van der Waals surface area contributed by atoms with E-state index in [0.717, 1.165) is 22.3 Å². The van der Waals surface area contributed by atoms with Crippen LogP contribution in [0.3, 0.4) is 0 Å². The quantitative estimate of drug-likeness (QED) is 0.0528. The number of amides is 1. The van der Waals surface area contributed by atoms with Crippen molar-refractivity contribution >= 4 is 45.7 Å². The van der Waals surface area contributed by atoms with Crippen LogP contribution >= 0.6 is 23.1 Å². The van der Waals surface area contributed by atoms with E-state index in [1.807, 2.05) is 63.2 Å².